The Bertz CT molecular complexity index is 816. The minimum Gasteiger partial charge on any atom is -0.355 e. The van der Waals surface area contributed by atoms with E-state index < -0.39 is 11.7 Å². The molecule has 9 heteroatoms. The zero-order chi connectivity index (χ0) is 20.3. The lowest BCUT2D eigenvalue weighted by Crippen LogP contribution is -2.48. The number of hydrogen-bond donors (Lipinski definition) is 1. The maximum Gasteiger partial charge on any atom is 0.417 e. The normalized spacial score (nSPS) is 17.6. The predicted octanol–water partition coefficient (Wildman–Crippen LogP) is 3.41. The van der Waals surface area contributed by atoms with Crippen LogP contribution in [0.2, 0.25) is 0 Å². The summed E-state index contributed by atoms with van der Waals surface area (Å²) in [5.74, 6) is 0.311. The number of carbonyl (C=O) groups is 1. The molecule has 1 N–H and O–H groups in total. The van der Waals surface area contributed by atoms with Gasteiger partial charge in [-0.1, -0.05) is 6.92 Å². The molecule has 2 aromatic heterocycles. The number of piperidine rings is 1. The molecule has 1 atom stereocenters. The van der Waals surface area contributed by atoms with E-state index in [1.807, 2.05) is 11.8 Å². The predicted molar refractivity (Wildman–Crippen MR) is 99.2 cm³/mol. The summed E-state index contributed by atoms with van der Waals surface area (Å²) in [5.41, 5.74) is 0.471. The summed E-state index contributed by atoms with van der Waals surface area (Å²) < 4.78 is 39.9. The number of pyridine rings is 1. The van der Waals surface area contributed by atoms with Gasteiger partial charge < -0.3 is 10.2 Å². The first-order valence-electron chi connectivity index (χ1n) is 9.41. The van der Waals surface area contributed by atoms with Crippen molar-refractivity contribution in [1.29, 1.82) is 0 Å². The van der Waals surface area contributed by atoms with E-state index in [-0.39, 0.29) is 11.9 Å². The Morgan fingerprint density at radius 2 is 2.14 bits per heavy atom. The first kappa shape index (κ1) is 20.2. The van der Waals surface area contributed by atoms with Crippen molar-refractivity contribution in [2.75, 3.05) is 18.0 Å². The summed E-state index contributed by atoms with van der Waals surface area (Å²) in [6.45, 7) is 5.80. The number of hydrogen-bond acceptors (Lipinski definition) is 4. The number of nitrogens with one attached hydrogen (secondary N) is 1. The smallest absolute Gasteiger partial charge is 0.355 e. The summed E-state index contributed by atoms with van der Waals surface area (Å²) >= 11 is 0. The van der Waals surface area contributed by atoms with Crippen LogP contribution < -0.4 is 10.2 Å². The summed E-state index contributed by atoms with van der Waals surface area (Å²) in [6.07, 6.45) is 0.770. The van der Waals surface area contributed by atoms with E-state index >= 15 is 0 Å². The maximum atomic E-state index is 12.7. The Morgan fingerprint density at radius 3 is 2.79 bits per heavy atom. The largest absolute Gasteiger partial charge is 0.417 e. The third kappa shape index (κ3) is 4.63. The Morgan fingerprint density at radius 1 is 1.36 bits per heavy atom. The van der Waals surface area contributed by atoms with Gasteiger partial charge in [0.2, 0.25) is 0 Å². The van der Waals surface area contributed by atoms with E-state index in [1.54, 1.807) is 17.8 Å². The Hall–Kier alpha value is -2.58. The van der Waals surface area contributed by atoms with Crippen LogP contribution in [0.25, 0.3) is 0 Å². The van der Waals surface area contributed by atoms with E-state index in [4.69, 9.17) is 0 Å². The second-order valence-corrected chi connectivity index (χ2v) is 7.05. The molecule has 3 heterocycles. The monoisotopic (exact) mass is 395 g/mol. The molecule has 1 fully saturated rings. The van der Waals surface area contributed by atoms with Crippen molar-refractivity contribution >= 4 is 11.7 Å². The van der Waals surface area contributed by atoms with Gasteiger partial charge in [0.25, 0.3) is 5.91 Å². The number of aromatic nitrogens is 3. The lowest BCUT2D eigenvalue weighted by molar-refractivity contribution is -0.137. The molecule has 6 nitrogen and oxygen atoms in total. The fraction of sp³-hybridized carbons (Fsp3) is 0.526. The van der Waals surface area contributed by atoms with Gasteiger partial charge in [-0.05, 0) is 38.3 Å². The van der Waals surface area contributed by atoms with E-state index in [0.717, 1.165) is 38.1 Å². The molecular weight excluding hydrogens is 371 g/mol. The van der Waals surface area contributed by atoms with Crippen LogP contribution in [0.15, 0.2) is 24.5 Å². The van der Waals surface area contributed by atoms with Crippen LogP contribution in [0.4, 0.5) is 19.0 Å². The van der Waals surface area contributed by atoms with Gasteiger partial charge in [0.1, 0.15) is 5.82 Å². The number of amides is 1. The molecule has 0 spiro atoms. The molecule has 1 aliphatic heterocycles. The zero-order valence-electron chi connectivity index (χ0n) is 16.0. The lowest BCUT2D eigenvalue weighted by Gasteiger charge is -2.34. The van der Waals surface area contributed by atoms with Crippen molar-refractivity contribution in [2.24, 2.45) is 0 Å². The molecule has 1 amide bonds. The molecule has 152 valence electrons. The number of rotatable bonds is 5. The minimum atomic E-state index is -4.40. The molecule has 0 aliphatic carbocycles. The second kappa shape index (κ2) is 8.20. The Kier molecular flexibility index (Phi) is 5.90. The van der Waals surface area contributed by atoms with Crippen LogP contribution in [-0.2, 0) is 12.7 Å². The number of alkyl halides is 3. The van der Waals surface area contributed by atoms with Gasteiger partial charge in [0.05, 0.1) is 16.8 Å². The van der Waals surface area contributed by atoms with Crippen molar-refractivity contribution in [3.05, 3.63) is 41.3 Å². The number of aryl methyl sites for hydroxylation is 2. The Balaban J connectivity index is 1.64. The van der Waals surface area contributed by atoms with E-state index in [9.17, 15) is 18.0 Å². The molecule has 0 bridgehead atoms. The first-order chi connectivity index (χ1) is 13.3. The molecule has 28 heavy (non-hydrogen) atoms. The van der Waals surface area contributed by atoms with Gasteiger partial charge in [-0.3, -0.25) is 9.48 Å². The molecule has 2 aromatic rings. The fourth-order valence-corrected chi connectivity index (χ4v) is 3.39. The Labute approximate surface area is 161 Å². The van der Waals surface area contributed by atoms with Crippen molar-refractivity contribution in [1.82, 2.24) is 20.1 Å². The van der Waals surface area contributed by atoms with Crippen LogP contribution in [0.3, 0.4) is 0 Å². The molecule has 1 saturated heterocycles. The number of halogens is 3. The van der Waals surface area contributed by atoms with Crippen LogP contribution in [0.5, 0.6) is 0 Å². The van der Waals surface area contributed by atoms with E-state index in [1.165, 1.54) is 6.07 Å². The second-order valence-electron chi connectivity index (χ2n) is 7.05. The van der Waals surface area contributed by atoms with Crippen LogP contribution in [0.1, 0.15) is 47.8 Å². The average molecular weight is 395 g/mol. The summed E-state index contributed by atoms with van der Waals surface area (Å²) in [7, 11) is 0. The summed E-state index contributed by atoms with van der Waals surface area (Å²) in [6, 6.07) is 2.32. The van der Waals surface area contributed by atoms with E-state index in [2.05, 4.69) is 15.4 Å². The molecule has 0 saturated carbocycles. The SMILES string of the molecule is CCCn1cc(C(=O)NC2CCCN(c3ccc(C(F)(F)F)cn3)C2)c(C)n1. The third-order valence-electron chi connectivity index (χ3n) is 4.80. The van der Waals surface area contributed by atoms with Gasteiger partial charge in [-0.2, -0.15) is 18.3 Å². The van der Waals surface area contributed by atoms with Gasteiger partial charge >= 0.3 is 6.18 Å². The number of anilines is 1. The van der Waals surface area contributed by atoms with Crippen molar-refractivity contribution in [3.8, 4) is 0 Å². The molecule has 0 aromatic carbocycles. The maximum absolute atomic E-state index is 12.7. The molecule has 1 aliphatic rings. The molecule has 0 radical (unpaired) electrons. The highest BCUT2D eigenvalue weighted by atomic mass is 19.4. The van der Waals surface area contributed by atoms with E-state index in [0.29, 0.717) is 30.2 Å². The van der Waals surface area contributed by atoms with Gasteiger partial charge in [-0.25, -0.2) is 4.98 Å². The van der Waals surface area contributed by atoms with Crippen molar-refractivity contribution < 1.29 is 18.0 Å². The lowest BCUT2D eigenvalue weighted by atomic mass is 10.0. The molecule has 1 unspecified atom stereocenters. The highest BCUT2D eigenvalue weighted by Crippen LogP contribution is 2.29. The number of carbonyl (C=O) groups excluding carboxylic acids is 1. The van der Waals surface area contributed by atoms with Crippen LogP contribution >= 0.6 is 0 Å². The number of nitrogens with zero attached hydrogens (tertiary/aromatic N) is 4. The topological polar surface area (TPSA) is 63.1 Å². The quantitative estimate of drug-likeness (QED) is 0.843. The van der Waals surface area contributed by atoms with Crippen molar-refractivity contribution in [3.63, 3.8) is 0 Å². The first-order valence-corrected chi connectivity index (χ1v) is 9.41. The molecular formula is C19H24F3N5O. The highest BCUT2D eigenvalue weighted by Gasteiger charge is 2.31. The summed E-state index contributed by atoms with van der Waals surface area (Å²) in [5, 5.41) is 7.37. The standard InChI is InChI=1S/C19H24F3N5O/c1-3-8-27-12-16(13(2)25-27)18(28)24-15-5-4-9-26(11-15)17-7-6-14(10-23-17)19(20,21)22/h6-7,10,12,15H,3-5,8-9,11H2,1-2H3,(H,24,28). The van der Waals surface area contributed by atoms with Crippen LogP contribution in [0, 0.1) is 6.92 Å². The zero-order valence-corrected chi connectivity index (χ0v) is 16.0. The van der Waals surface area contributed by atoms with Gasteiger partial charge in [-0.15, -0.1) is 0 Å². The van der Waals surface area contributed by atoms with Gasteiger partial charge in [0, 0.05) is 38.1 Å². The third-order valence-corrected chi connectivity index (χ3v) is 4.80. The fourth-order valence-electron chi connectivity index (χ4n) is 3.39. The minimum absolute atomic E-state index is 0.0979. The van der Waals surface area contributed by atoms with Gasteiger partial charge in [0.15, 0.2) is 0 Å². The average Bonchev–Trinajstić information content (AvgIpc) is 3.02. The highest BCUT2D eigenvalue weighted by molar-refractivity contribution is 5.95. The molecule has 3 rings (SSSR count). The van der Waals surface area contributed by atoms with Crippen molar-refractivity contribution in [2.45, 2.75) is 51.9 Å². The summed E-state index contributed by atoms with van der Waals surface area (Å²) in [4.78, 5) is 18.5. The van der Waals surface area contributed by atoms with Crippen LogP contribution in [-0.4, -0.2) is 39.8 Å².